The van der Waals surface area contributed by atoms with Crippen LogP contribution in [0.3, 0.4) is 0 Å². The fourth-order valence-corrected chi connectivity index (χ4v) is 2.17. The van der Waals surface area contributed by atoms with Gasteiger partial charge in [-0.25, -0.2) is 0 Å². The Labute approximate surface area is 117 Å². The van der Waals surface area contributed by atoms with E-state index >= 15 is 0 Å². The van der Waals surface area contributed by atoms with Crippen LogP contribution >= 0.6 is 11.8 Å². The van der Waals surface area contributed by atoms with Crippen LogP contribution in [0.25, 0.3) is 0 Å². The second-order valence-electron chi connectivity index (χ2n) is 4.40. The molecule has 1 rings (SSSR count). The molecule has 0 aliphatic heterocycles. The first kappa shape index (κ1) is 16.0. The predicted molar refractivity (Wildman–Crippen MR) is 73.8 cm³/mol. The van der Waals surface area contributed by atoms with Gasteiger partial charge in [-0.05, 0) is 19.1 Å². The zero-order chi connectivity index (χ0) is 14.3. The van der Waals surface area contributed by atoms with Crippen molar-refractivity contribution in [3.63, 3.8) is 0 Å². The van der Waals surface area contributed by atoms with E-state index in [-0.39, 0.29) is 11.9 Å². The van der Waals surface area contributed by atoms with Gasteiger partial charge in [0.25, 0.3) is 0 Å². The fourth-order valence-electron chi connectivity index (χ4n) is 1.30. The fraction of sp³-hybridized carbons (Fsp3) is 0.750. The van der Waals surface area contributed by atoms with Gasteiger partial charge in [-0.1, -0.05) is 19.0 Å². The number of hydrogen-bond acceptors (Lipinski definition) is 7. The molecule has 108 valence electrons. The van der Waals surface area contributed by atoms with Crippen LogP contribution in [-0.2, 0) is 15.3 Å². The standard InChI is InChI=1S/C12H21N3O3S/c1-4-17-12(16)9(13)5-6-19-7-10-14-11(8(2)3)18-15-10/h8-9H,4-7,13H2,1-3H3. The van der Waals surface area contributed by atoms with Crippen LogP contribution in [0.1, 0.15) is 44.8 Å². The molecule has 1 aromatic rings. The molecule has 1 heterocycles. The Kier molecular flexibility index (Phi) is 6.86. The molecule has 2 N–H and O–H groups in total. The van der Waals surface area contributed by atoms with Gasteiger partial charge >= 0.3 is 5.97 Å². The first-order chi connectivity index (χ1) is 9.04. The van der Waals surface area contributed by atoms with Crippen molar-refractivity contribution in [3.05, 3.63) is 11.7 Å². The molecule has 0 aliphatic carbocycles. The van der Waals surface area contributed by atoms with E-state index in [1.165, 1.54) is 0 Å². The van der Waals surface area contributed by atoms with E-state index in [1.54, 1.807) is 18.7 Å². The van der Waals surface area contributed by atoms with Crippen LogP contribution in [0.4, 0.5) is 0 Å². The molecule has 19 heavy (non-hydrogen) atoms. The predicted octanol–water partition coefficient (Wildman–Crippen LogP) is 1.71. The molecule has 1 aromatic heterocycles. The third kappa shape index (κ3) is 5.61. The molecule has 0 bridgehead atoms. The van der Waals surface area contributed by atoms with Gasteiger partial charge in [-0.15, -0.1) is 0 Å². The Morgan fingerprint density at radius 3 is 2.84 bits per heavy atom. The molecule has 0 radical (unpaired) electrons. The highest BCUT2D eigenvalue weighted by Crippen LogP contribution is 2.15. The minimum Gasteiger partial charge on any atom is -0.465 e. The maximum Gasteiger partial charge on any atom is 0.322 e. The summed E-state index contributed by atoms with van der Waals surface area (Å²) in [7, 11) is 0. The molecule has 0 aliphatic rings. The molecule has 1 atom stereocenters. The first-order valence-corrected chi connectivity index (χ1v) is 7.52. The summed E-state index contributed by atoms with van der Waals surface area (Å²) in [6.45, 7) is 6.13. The lowest BCUT2D eigenvalue weighted by Gasteiger charge is -2.09. The Morgan fingerprint density at radius 1 is 1.53 bits per heavy atom. The van der Waals surface area contributed by atoms with Crippen LogP contribution < -0.4 is 5.73 Å². The van der Waals surface area contributed by atoms with Gasteiger partial charge in [-0.2, -0.15) is 16.7 Å². The summed E-state index contributed by atoms with van der Waals surface area (Å²) in [5.41, 5.74) is 5.69. The van der Waals surface area contributed by atoms with Crippen molar-refractivity contribution in [1.29, 1.82) is 0 Å². The SMILES string of the molecule is CCOC(=O)C(N)CCSCc1noc(C(C)C)n1. The second-order valence-corrected chi connectivity index (χ2v) is 5.51. The molecular weight excluding hydrogens is 266 g/mol. The summed E-state index contributed by atoms with van der Waals surface area (Å²) in [4.78, 5) is 15.6. The van der Waals surface area contributed by atoms with Gasteiger partial charge < -0.3 is 15.0 Å². The normalized spacial score (nSPS) is 12.7. The number of nitrogens with two attached hydrogens (primary N) is 1. The number of rotatable bonds is 8. The number of carbonyl (C=O) groups is 1. The largest absolute Gasteiger partial charge is 0.465 e. The number of thioether (sulfide) groups is 1. The van der Waals surface area contributed by atoms with E-state index in [4.69, 9.17) is 15.0 Å². The first-order valence-electron chi connectivity index (χ1n) is 6.37. The number of carbonyl (C=O) groups excluding carboxylic acids is 1. The highest BCUT2D eigenvalue weighted by molar-refractivity contribution is 7.98. The Bertz CT molecular complexity index is 395. The van der Waals surface area contributed by atoms with Crippen LogP contribution in [0.15, 0.2) is 4.52 Å². The monoisotopic (exact) mass is 287 g/mol. The quantitative estimate of drug-likeness (QED) is 0.574. The van der Waals surface area contributed by atoms with Gasteiger partial charge in [-0.3, -0.25) is 4.79 Å². The van der Waals surface area contributed by atoms with Gasteiger partial charge in [0, 0.05) is 5.92 Å². The van der Waals surface area contributed by atoms with Crippen molar-refractivity contribution in [2.75, 3.05) is 12.4 Å². The lowest BCUT2D eigenvalue weighted by atomic mass is 10.2. The molecule has 0 amide bonds. The van der Waals surface area contributed by atoms with E-state index < -0.39 is 6.04 Å². The van der Waals surface area contributed by atoms with Crippen LogP contribution in [-0.4, -0.2) is 34.5 Å². The Balaban J connectivity index is 2.21. The van der Waals surface area contributed by atoms with E-state index in [0.717, 1.165) is 5.75 Å². The van der Waals surface area contributed by atoms with Crippen LogP contribution in [0, 0.1) is 0 Å². The van der Waals surface area contributed by atoms with Gasteiger partial charge in [0.15, 0.2) is 5.82 Å². The summed E-state index contributed by atoms with van der Waals surface area (Å²) < 4.78 is 9.94. The Morgan fingerprint density at radius 2 is 2.26 bits per heavy atom. The van der Waals surface area contributed by atoms with E-state index in [0.29, 0.717) is 30.5 Å². The topological polar surface area (TPSA) is 91.2 Å². The second kappa shape index (κ2) is 8.16. The van der Waals surface area contributed by atoms with Crippen molar-refractivity contribution >= 4 is 17.7 Å². The van der Waals surface area contributed by atoms with Crippen molar-refractivity contribution in [2.24, 2.45) is 5.73 Å². The maximum absolute atomic E-state index is 11.3. The Hall–Kier alpha value is -1.08. The van der Waals surface area contributed by atoms with Crippen LogP contribution in [0.5, 0.6) is 0 Å². The average molecular weight is 287 g/mol. The van der Waals surface area contributed by atoms with Crippen LogP contribution in [0.2, 0.25) is 0 Å². The summed E-state index contributed by atoms with van der Waals surface area (Å²) >= 11 is 1.62. The van der Waals surface area contributed by atoms with Crippen molar-refractivity contribution < 1.29 is 14.1 Å². The van der Waals surface area contributed by atoms with Gasteiger partial charge in [0.1, 0.15) is 6.04 Å². The van der Waals surface area contributed by atoms with Crippen molar-refractivity contribution in [2.45, 2.75) is 44.9 Å². The highest BCUT2D eigenvalue weighted by Gasteiger charge is 2.14. The smallest absolute Gasteiger partial charge is 0.322 e. The van der Waals surface area contributed by atoms with Crippen molar-refractivity contribution in [3.8, 4) is 0 Å². The number of nitrogens with zero attached hydrogens (tertiary/aromatic N) is 2. The summed E-state index contributed by atoms with van der Waals surface area (Å²) in [5.74, 6) is 2.64. The third-order valence-corrected chi connectivity index (χ3v) is 3.36. The zero-order valence-electron chi connectivity index (χ0n) is 11.6. The van der Waals surface area contributed by atoms with Crippen molar-refractivity contribution in [1.82, 2.24) is 10.1 Å². The number of hydrogen-bond donors (Lipinski definition) is 1. The molecule has 6 nitrogen and oxygen atoms in total. The molecule has 0 saturated heterocycles. The van der Waals surface area contributed by atoms with E-state index in [9.17, 15) is 4.79 Å². The van der Waals surface area contributed by atoms with Gasteiger partial charge in [0.2, 0.25) is 5.89 Å². The number of esters is 1. The summed E-state index contributed by atoms with van der Waals surface area (Å²) in [6, 6.07) is -0.552. The molecule has 0 aromatic carbocycles. The number of aromatic nitrogens is 2. The molecular formula is C12H21N3O3S. The molecule has 0 fully saturated rings. The van der Waals surface area contributed by atoms with Gasteiger partial charge in [0.05, 0.1) is 12.4 Å². The molecule has 7 heteroatoms. The minimum atomic E-state index is -0.552. The number of ether oxygens (including phenoxy) is 1. The summed E-state index contributed by atoms with van der Waals surface area (Å²) in [6.07, 6.45) is 0.582. The minimum absolute atomic E-state index is 0.239. The average Bonchev–Trinajstić information content (AvgIpc) is 2.83. The van der Waals surface area contributed by atoms with E-state index in [1.807, 2.05) is 13.8 Å². The molecule has 1 unspecified atom stereocenters. The maximum atomic E-state index is 11.3. The summed E-state index contributed by atoms with van der Waals surface area (Å²) in [5, 5.41) is 3.89. The lowest BCUT2D eigenvalue weighted by Crippen LogP contribution is -2.32. The third-order valence-electron chi connectivity index (χ3n) is 2.37. The van der Waals surface area contributed by atoms with E-state index in [2.05, 4.69) is 10.1 Å². The molecule has 0 spiro atoms. The molecule has 0 saturated carbocycles. The highest BCUT2D eigenvalue weighted by atomic mass is 32.2. The lowest BCUT2D eigenvalue weighted by molar-refractivity contribution is -0.144. The zero-order valence-corrected chi connectivity index (χ0v) is 12.4.